The summed E-state index contributed by atoms with van der Waals surface area (Å²) in [6.45, 7) is 2.42. The van der Waals surface area contributed by atoms with Crippen LogP contribution in [0.1, 0.15) is 30.4 Å². The van der Waals surface area contributed by atoms with E-state index >= 15 is 0 Å². The highest BCUT2D eigenvalue weighted by Gasteiger charge is 2.28. The van der Waals surface area contributed by atoms with Crippen molar-refractivity contribution in [3.63, 3.8) is 0 Å². The average molecular weight is 267 g/mol. The standard InChI is InChI=1S/C18H21NO/c1-20-16-7-8-17-13(10-16)5-6-14-12-19-9-3-2-4-15(19)11-18(14)17/h5-8,10,15H,2-4,9,11-12H2,1H3. The number of ether oxygens (including phenoxy) is 1. The third-order valence-corrected chi connectivity index (χ3v) is 5.00. The molecule has 2 aromatic carbocycles. The lowest BCUT2D eigenvalue weighted by Gasteiger charge is -2.40. The summed E-state index contributed by atoms with van der Waals surface area (Å²) in [5, 5.41) is 2.74. The molecule has 1 saturated heterocycles. The minimum absolute atomic E-state index is 0.768. The minimum Gasteiger partial charge on any atom is -0.497 e. The predicted octanol–water partition coefficient (Wildman–Crippen LogP) is 3.76. The van der Waals surface area contributed by atoms with Crippen LogP contribution in [-0.4, -0.2) is 24.6 Å². The Kier molecular flexibility index (Phi) is 2.92. The fraction of sp³-hybridized carbons (Fsp3) is 0.444. The van der Waals surface area contributed by atoms with Gasteiger partial charge in [-0.25, -0.2) is 0 Å². The van der Waals surface area contributed by atoms with Crippen molar-refractivity contribution < 1.29 is 4.74 Å². The zero-order valence-corrected chi connectivity index (χ0v) is 12.1. The van der Waals surface area contributed by atoms with Gasteiger partial charge in [0.05, 0.1) is 7.11 Å². The van der Waals surface area contributed by atoms with Gasteiger partial charge in [0.15, 0.2) is 0 Å². The third-order valence-electron chi connectivity index (χ3n) is 5.00. The van der Waals surface area contributed by atoms with Crippen molar-refractivity contribution in [1.82, 2.24) is 4.90 Å². The number of fused-ring (bicyclic) bond motifs is 4. The molecule has 1 atom stereocenters. The van der Waals surface area contributed by atoms with Gasteiger partial charge in [-0.1, -0.05) is 24.6 Å². The maximum absolute atomic E-state index is 5.34. The molecule has 2 nitrogen and oxygen atoms in total. The molecule has 0 aliphatic carbocycles. The molecule has 20 heavy (non-hydrogen) atoms. The number of hydrogen-bond donors (Lipinski definition) is 0. The molecular weight excluding hydrogens is 246 g/mol. The molecule has 2 aromatic rings. The van der Waals surface area contributed by atoms with Crippen molar-refractivity contribution in [1.29, 1.82) is 0 Å². The van der Waals surface area contributed by atoms with Crippen molar-refractivity contribution in [2.75, 3.05) is 13.7 Å². The molecule has 0 saturated carbocycles. The molecular formula is C18H21NO. The van der Waals surface area contributed by atoms with Crippen molar-refractivity contribution in [3.05, 3.63) is 41.5 Å². The smallest absolute Gasteiger partial charge is 0.119 e. The lowest BCUT2D eigenvalue weighted by molar-refractivity contribution is 0.128. The second kappa shape index (κ2) is 4.78. The van der Waals surface area contributed by atoms with E-state index in [9.17, 15) is 0 Å². The van der Waals surface area contributed by atoms with Crippen LogP contribution in [0.15, 0.2) is 30.3 Å². The molecule has 1 unspecified atom stereocenters. The quantitative estimate of drug-likeness (QED) is 0.780. The van der Waals surface area contributed by atoms with Crippen LogP contribution >= 0.6 is 0 Å². The summed E-state index contributed by atoms with van der Waals surface area (Å²) in [6.07, 6.45) is 5.36. The summed E-state index contributed by atoms with van der Waals surface area (Å²) < 4.78 is 5.34. The van der Waals surface area contributed by atoms with E-state index in [0.29, 0.717) is 0 Å². The van der Waals surface area contributed by atoms with Gasteiger partial charge in [-0.05, 0) is 59.8 Å². The van der Waals surface area contributed by atoms with E-state index in [1.54, 1.807) is 12.7 Å². The molecule has 0 bridgehead atoms. The number of rotatable bonds is 1. The third kappa shape index (κ3) is 1.90. The van der Waals surface area contributed by atoms with E-state index in [1.165, 1.54) is 48.6 Å². The van der Waals surface area contributed by atoms with Gasteiger partial charge in [0.1, 0.15) is 5.75 Å². The molecule has 104 valence electrons. The van der Waals surface area contributed by atoms with Crippen LogP contribution in [0.5, 0.6) is 5.75 Å². The Bertz CT molecular complexity index is 649. The second-order valence-electron chi connectivity index (χ2n) is 6.11. The second-order valence-corrected chi connectivity index (χ2v) is 6.11. The maximum Gasteiger partial charge on any atom is 0.119 e. The number of nitrogens with zero attached hydrogens (tertiary/aromatic N) is 1. The predicted molar refractivity (Wildman–Crippen MR) is 82.3 cm³/mol. The van der Waals surface area contributed by atoms with Gasteiger partial charge in [0.2, 0.25) is 0 Å². The molecule has 2 heterocycles. The summed E-state index contributed by atoms with van der Waals surface area (Å²) in [6, 6.07) is 11.8. The lowest BCUT2D eigenvalue weighted by atomic mass is 9.85. The van der Waals surface area contributed by atoms with E-state index in [0.717, 1.165) is 18.3 Å². The molecule has 2 heteroatoms. The molecule has 4 rings (SSSR count). The topological polar surface area (TPSA) is 12.5 Å². The van der Waals surface area contributed by atoms with Crippen molar-refractivity contribution >= 4 is 10.8 Å². The molecule has 2 aliphatic rings. The van der Waals surface area contributed by atoms with Crippen LogP contribution in [0, 0.1) is 0 Å². The number of methoxy groups -OCH3 is 1. The van der Waals surface area contributed by atoms with Crippen LogP contribution in [0.2, 0.25) is 0 Å². The Morgan fingerprint density at radius 3 is 3.00 bits per heavy atom. The SMILES string of the molecule is COc1ccc2c3c(ccc2c1)CN1CCCCC1C3. The molecule has 0 amide bonds. The average Bonchev–Trinajstić information content (AvgIpc) is 2.52. The fourth-order valence-electron chi connectivity index (χ4n) is 3.89. The Morgan fingerprint density at radius 2 is 2.10 bits per heavy atom. The number of benzene rings is 2. The van der Waals surface area contributed by atoms with Gasteiger partial charge in [0.25, 0.3) is 0 Å². The maximum atomic E-state index is 5.34. The monoisotopic (exact) mass is 267 g/mol. The Labute approximate surface area is 120 Å². The van der Waals surface area contributed by atoms with Crippen LogP contribution in [0.3, 0.4) is 0 Å². The molecule has 0 aromatic heterocycles. The van der Waals surface area contributed by atoms with Gasteiger partial charge in [-0.3, -0.25) is 4.90 Å². The first-order chi connectivity index (χ1) is 9.85. The Balaban J connectivity index is 1.81. The molecule has 1 fully saturated rings. The van der Waals surface area contributed by atoms with Crippen LogP contribution in [-0.2, 0) is 13.0 Å². The highest BCUT2D eigenvalue weighted by Crippen LogP contribution is 2.34. The first-order valence-corrected chi connectivity index (χ1v) is 7.68. The van der Waals surface area contributed by atoms with E-state index in [4.69, 9.17) is 4.74 Å². The molecule has 0 N–H and O–H groups in total. The van der Waals surface area contributed by atoms with Crippen LogP contribution < -0.4 is 4.74 Å². The highest BCUT2D eigenvalue weighted by molar-refractivity contribution is 5.88. The Hall–Kier alpha value is -1.54. The Morgan fingerprint density at radius 1 is 1.15 bits per heavy atom. The van der Waals surface area contributed by atoms with E-state index < -0.39 is 0 Å². The van der Waals surface area contributed by atoms with Crippen LogP contribution in [0.25, 0.3) is 10.8 Å². The largest absolute Gasteiger partial charge is 0.497 e. The van der Waals surface area contributed by atoms with Crippen LogP contribution in [0.4, 0.5) is 0 Å². The van der Waals surface area contributed by atoms with Gasteiger partial charge >= 0.3 is 0 Å². The summed E-state index contributed by atoms with van der Waals surface area (Å²) in [7, 11) is 1.74. The zero-order chi connectivity index (χ0) is 13.5. The minimum atomic E-state index is 0.768. The van der Waals surface area contributed by atoms with Gasteiger partial charge < -0.3 is 4.74 Å². The van der Waals surface area contributed by atoms with E-state index in [1.807, 2.05) is 0 Å². The summed E-state index contributed by atoms with van der Waals surface area (Å²) in [4.78, 5) is 2.68. The van der Waals surface area contributed by atoms with Gasteiger partial charge in [0, 0.05) is 12.6 Å². The molecule has 0 radical (unpaired) electrons. The van der Waals surface area contributed by atoms with Crippen molar-refractivity contribution in [2.24, 2.45) is 0 Å². The van der Waals surface area contributed by atoms with Crippen molar-refractivity contribution in [2.45, 2.75) is 38.3 Å². The van der Waals surface area contributed by atoms with Crippen molar-refractivity contribution in [3.8, 4) is 5.75 Å². The molecule has 0 spiro atoms. The number of piperidine rings is 1. The number of hydrogen-bond acceptors (Lipinski definition) is 2. The van der Waals surface area contributed by atoms with Gasteiger partial charge in [-0.15, -0.1) is 0 Å². The summed E-state index contributed by atoms with van der Waals surface area (Å²) in [5.41, 5.74) is 3.11. The summed E-state index contributed by atoms with van der Waals surface area (Å²) >= 11 is 0. The normalized spacial score (nSPS) is 22.4. The fourth-order valence-corrected chi connectivity index (χ4v) is 3.89. The van der Waals surface area contributed by atoms with E-state index in [-0.39, 0.29) is 0 Å². The first kappa shape index (κ1) is 12.2. The zero-order valence-electron chi connectivity index (χ0n) is 12.1. The first-order valence-electron chi connectivity index (χ1n) is 7.68. The van der Waals surface area contributed by atoms with E-state index in [2.05, 4.69) is 35.2 Å². The van der Waals surface area contributed by atoms with Gasteiger partial charge in [-0.2, -0.15) is 0 Å². The summed E-state index contributed by atoms with van der Waals surface area (Å²) in [5.74, 6) is 0.951. The highest BCUT2D eigenvalue weighted by atomic mass is 16.5. The molecule has 2 aliphatic heterocycles. The lowest BCUT2D eigenvalue weighted by Crippen LogP contribution is -2.43.